The van der Waals surface area contributed by atoms with Gasteiger partial charge in [0.25, 0.3) is 0 Å². The molecule has 1 aliphatic rings. The molecule has 4 rings (SSSR count). The molecule has 1 nitrogen and oxygen atoms in total. The maximum absolute atomic E-state index is 6.47. The normalized spacial score (nSPS) is 15.9. The first-order valence-electron chi connectivity index (χ1n) is 10.3. The zero-order chi connectivity index (χ0) is 20.3. The molecule has 0 N–H and O–H groups in total. The third-order valence-electron chi connectivity index (χ3n) is 5.75. The van der Waals surface area contributed by atoms with Gasteiger partial charge in [0.2, 0.25) is 0 Å². The molecule has 0 radical (unpaired) electrons. The zero-order valence-corrected chi connectivity index (χ0v) is 20.1. The van der Waals surface area contributed by atoms with Crippen LogP contribution in [-0.4, -0.2) is 6.10 Å². The summed E-state index contributed by atoms with van der Waals surface area (Å²) in [5.74, 6) is 1.21. The van der Waals surface area contributed by atoms with E-state index in [-0.39, 0.29) is 6.10 Å². The number of halogens is 1. The fourth-order valence-electron chi connectivity index (χ4n) is 4.59. The van der Waals surface area contributed by atoms with Crippen LogP contribution in [-0.2, 0) is 4.74 Å². The van der Waals surface area contributed by atoms with Crippen molar-refractivity contribution in [2.24, 2.45) is 0 Å². The van der Waals surface area contributed by atoms with Crippen LogP contribution in [0.15, 0.2) is 102 Å². The summed E-state index contributed by atoms with van der Waals surface area (Å²) in [6, 6.07) is 33.4. The van der Waals surface area contributed by atoms with E-state index < -0.39 is 4.25 Å². The molecule has 0 fully saturated rings. The van der Waals surface area contributed by atoms with Gasteiger partial charge in [-0.2, -0.15) is 0 Å². The van der Waals surface area contributed by atoms with Gasteiger partial charge in [0.15, 0.2) is 0 Å². The van der Waals surface area contributed by atoms with Gasteiger partial charge in [-0.05, 0) is 0 Å². The summed E-state index contributed by atoms with van der Waals surface area (Å²) in [4.78, 5) is 0. The van der Waals surface area contributed by atoms with Crippen LogP contribution in [0.2, 0.25) is 0 Å². The summed E-state index contributed by atoms with van der Waals surface area (Å²) in [6.07, 6.45) is 3.46. The summed E-state index contributed by atoms with van der Waals surface area (Å²) >= 11 is 2.86. The van der Waals surface area contributed by atoms with E-state index in [0.29, 0.717) is 0 Å². The summed E-state index contributed by atoms with van der Waals surface area (Å²) in [5.41, 5.74) is 0. The van der Waals surface area contributed by atoms with Crippen LogP contribution in [0.4, 0.5) is 0 Å². The van der Waals surface area contributed by atoms with Crippen LogP contribution in [0.1, 0.15) is 33.1 Å². The first-order chi connectivity index (χ1) is 14.1. The van der Waals surface area contributed by atoms with Crippen LogP contribution in [0.3, 0.4) is 0 Å². The van der Waals surface area contributed by atoms with Gasteiger partial charge in [-0.15, -0.1) is 0 Å². The zero-order valence-electron chi connectivity index (χ0n) is 17.1. The Labute approximate surface area is 187 Å². The van der Waals surface area contributed by atoms with Crippen molar-refractivity contribution in [2.75, 3.05) is 0 Å². The Kier molecular flexibility index (Phi) is 5.86. The number of rotatable bonds is 6. The summed E-state index contributed by atoms with van der Waals surface area (Å²) < 4.78 is 3.55. The Bertz CT molecular complexity index is 897. The average Bonchev–Trinajstić information content (AvgIpc) is 3.23. The van der Waals surface area contributed by atoms with Crippen molar-refractivity contribution >= 4 is 42.2 Å². The predicted octanol–water partition coefficient (Wildman–Crippen LogP) is 6.69. The fourth-order valence-corrected chi connectivity index (χ4v) is 14.3. The molecule has 29 heavy (non-hydrogen) atoms. The SMILES string of the molecule is CC(C)OC1=C(P(I)(c2ccccc2)(c2ccccc2)c2ccccc2)CCC1. The van der Waals surface area contributed by atoms with Gasteiger partial charge in [0.05, 0.1) is 0 Å². The molecule has 0 saturated heterocycles. The molecule has 0 bridgehead atoms. The molecule has 3 aromatic rings. The number of hydrogen-bond acceptors (Lipinski definition) is 1. The Morgan fingerprint density at radius 3 is 1.48 bits per heavy atom. The van der Waals surface area contributed by atoms with Gasteiger partial charge in [-0.25, -0.2) is 0 Å². The molecule has 1 aliphatic carbocycles. The second kappa shape index (κ2) is 8.24. The molecule has 0 unspecified atom stereocenters. The summed E-state index contributed by atoms with van der Waals surface area (Å²) in [6.45, 7) is 4.28. The van der Waals surface area contributed by atoms with Crippen LogP contribution >= 0.6 is 26.3 Å². The van der Waals surface area contributed by atoms with Crippen molar-refractivity contribution in [1.82, 2.24) is 0 Å². The molecule has 0 aromatic heterocycles. The molecule has 3 heteroatoms. The molecule has 3 aromatic carbocycles. The topological polar surface area (TPSA) is 9.23 Å². The summed E-state index contributed by atoms with van der Waals surface area (Å²) in [7, 11) is 0. The molecule has 0 spiro atoms. The van der Waals surface area contributed by atoms with Crippen molar-refractivity contribution in [3.05, 3.63) is 102 Å². The molecule has 0 heterocycles. The van der Waals surface area contributed by atoms with Gasteiger partial charge >= 0.3 is 188 Å². The second-order valence-electron chi connectivity index (χ2n) is 7.91. The van der Waals surface area contributed by atoms with Crippen LogP contribution in [0.25, 0.3) is 0 Å². The standard InChI is InChI=1S/C26H28IOP/c1-21(2)28-25-19-12-20-26(25)29(27,22-13-6-3-7-14-22,23-15-8-4-9-16-23)24-17-10-5-11-18-24/h3-11,13-18,21H,12,19-20H2,1-2H3. The predicted molar refractivity (Wildman–Crippen MR) is 136 cm³/mol. The molecule has 0 amide bonds. The van der Waals surface area contributed by atoms with E-state index in [1.807, 2.05) is 0 Å². The Hall–Kier alpha value is -1.64. The van der Waals surface area contributed by atoms with E-state index >= 15 is 0 Å². The Morgan fingerprint density at radius 1 is 0.690 bits per heavy atom. The van der Waals surface area contributed by atoms with E-state index in [1.54, 1.807) is 0 Å². The monoisotopic (exact) mass is 514 g/mol. The van der Waals surface area contributed by atoms with E-state index in [1.165, 1.54) is 27.0 Å². The molecule has 150 valence electrons. The number of benzene rings is 3. The maximum atomic E-state index is 6.47. The van der Waals surface area contributed by atoms with E-state index in [4.69, 9.17) is 4.74 Å². The molecular weight excluding hydrogens is 486 g/mol. The first-order valence-corrected chi connectivity index (χ1v) is 15.4. The van der Waals surface area contributed by atoms with Crippen LogP contribution < -0.4 is 15.9 Å². The minimum absolute atomic E-state index is 0.186. The van der Waals surface area contributed by atoms with Crippen molar-refractivity contribution in [2.45, 2.75) is 39.2 Å². The second-order valence-corrected chi connectivity index (χ2v) is 17.8. The Morgan fingerprint density at radius 2 is 1.10 bits per heavy atom. The van der Waals surface area contributed by atoms with E-state index in [9.17, 15) is 0 Å². The molecule has 0 saturated carbocycles. The average molecular weight is 514 g/mol. The van der Waals surface area contributed by atoms with Crippen LogP contribution in [0, 0.1) is 0 Å². The minimum atomic E-state index is -2.92. The summed E-state index contributed by atoms with van der Waals surface area (Å²) in [5, 5.41) is 5.71. The number of hydrogen-bond donors (Lipinski definition) is 0. The van der Waals surface area contributed by atoms with Crippen molar-refractivity contribution in [3.8, 4) is 0 Å². The van der Waals surface area contributed by atoms with Crippen molar-refractivity contribution in [1.29, 1.82) is 0 Å². The molecule has 0 aliphatic heterocycles. The Balaban J connectivity index is 2.17. The van der Waals surface area contributed by atoms with Gasteiger partial charge in [0, 0.05) is 0 Å². The third kappa shape index (κ3) is 3.35. The number of ether oxygens (including phenoxy) is 1. The van der Waals surface area contributed by atoms with E-state index in [2.05, 4.69) is 127 Å². The fraction of sp³-hybridized carbons (Fsp3) is 0.231. The van der Waals surface area contributed by atoms with Crippen LogP contribution in [0.5, 0.6) is 0 Å². The quantitative estimate of drug-likeness (QED) is 0.263. The van der Waals surface area contributed by atoms with Gasteiger partial charge in [-0.3, -0.25) is 0 Å². The van der Waals surface area contributed by atoms with E-state index in [0.717, 1.165) is 19.3 Å². The van der Waals surface area contributed by atoms with Gasteiger partial charge < -0.3 is 0 Å². The van der Waals surface area contributed by atoms with Crippen molar-refractivity contribution in [3.63, 3.8) is 0 Å². The van der Waals surface area contributed by atoms with Gasteiger partial charge in [-0.1, -0.05) is 0 Å². The molecule has 0 atom stereocenters. The number of allylic oxidation sites excluding steroid dienone is 2. The van der Waals surface area contributed by atoms with Crippen molar-refractivity contribution < 1.29 is 4.74 Å². The first kappa shape index (κ1) is 20.6. The third-order valence-corrected chi connectivity index (χ3v) is 17.8. The molecular formula is C26H28IOP. The van der Waals surface area contributed by atoms with Gasteiger partial charge in [0.1, 0.15) is 0 Å².